The second-order valence-corrected chi connectivity index (χ2v) is 5.35. The number of alkyl halides is 3. The molecular weight excluding hydrogens is 304 g/mol. The van der Waals surface area contributed by atoms with Crippen LogP contribution in [-0.4, -0.2) is 33.6 Å². The molecule has 2 rings (SSSR count). The molecule has 0 radical (unpaired) electrons. The Labute approximate surface area is 124 Å². The molecule has 8 heteroatoms. The molecule has 1 aliphatic heterocycles. The predicted octanol–water partition coefficient (Wildman–Crippen LogP) is 2.67. The van der Waals surface area contributed by atoms with Crippen LogP contribution in [0.5, 0.6) is 0 Å². The van der Waals surface area contributed by atoms with Gasteiger partial charge in [0.1, 0.15) is 5.82 Å². The number of hydrogen-bond acceptors (Lipinski definition) is 3. The Balaban J connectivity index is 2.45. The van der Waals surface area contributed by atoms with E-state index in [1.54, 1.807) is 0 Å². The molecule has 120 valence electrons. The fraction of sp³-hybridized carbons (Fsp3) is 0.429. The largest absolute Gasteiger partial charge is 0.438 e. The van der Waals surface area contributed by atoms with Gasteiger partial charge in [-0.3, -0.25) is 4.79 Å². The van der Waals surface area contributed by atoms with E-state index < -0.39 is 36.0 Å². The molecule has 0 unspecified atom stereocenters. The molecule has 0 fully saturated rings. The first kappa shape index (κ1) is 16.4. The van der Waals surface area contributed by atoms with Gasteiger partial charge in [-0.25, -0.2) is 4.39 Å². The minimum Gasteiger partial charge on any atom is -0.362 e. The first-order valence-corrected chi connectivity index (χ1v) is 6.53. The van der Waals surface area contributed by atoms with Gasteiger partial charge in [-0.05, 0) is 17.7 Å². The summed E-state index contributed by atoms with van der Waals surface area (Å²) in [5, 5.41) is 13.7. The summed E-state index contributed by atoms with van der Waals surface area (Å²) >= 11 is 0. The van der Waals surface area contributed by atoms with Crippen molar-refractivity contribution in [3.05, 3.63) is 35.6 Å². The molecule has 1 aliphatic rings. The summed E-state index contributed by atoms with van der Waals surface area (Å²) in [6, 6.07) is 4.62. The van der Waals surface area contributed by atoms with Gasteiger partial charge in [0, 0.05) is 5.92 Å². The third-order valence-corrected chi connectivity index (χ3v) is 3.32. The average Bonchev–Trinajstić information content (AvgIpc) is 2.77. The van der Waals surface area contributed by atoms with Crippen LogP contribution in [0, 0.1) is 11.7 Å². The van der Waals surface area contributed by atoms with E-state index in [1.807, 2.05) is 0 Å². The van der Waals surface area contributed by atoms with E-state index in [2.05, 4.69) is 5.10 Å². The SMILES string of the molecule is CC(C)C(=O)N1N=C(c2ccc(F)cc2)C[C@@]1(O)C(F)(F)F. The zero-order valence-electron chi connectivity index (χ0n) is 11.9. The summed E-state index contributed by atoms with van der Waals surface area (Å²) in [6.45, 7) is 2.81. The molecule has 0 spiro atoms. The molecule has 1 aromatic carbocycles. The molecule has 0 saturated carbocycles. The molecular formula is C14H14F4N2O2. The van der Waals surface area contributed by atoms with Crippen molar-refractivity contribution in [1.82, 2.24) is 5.01 Å². The van der Waals surface area contributed by atoms with Gasteiger partial charge >= 0.3 is 6.18 Å². The smallest absolute Gasteiger partial charge is 0.362 e. The summed E-state index contributed by atoms with van der Waals surface area (Å²) in [6.07, 6.45) is -5.97. The molecule has 0 aromatic heterocycles. The van der Waals surface area contributed by atoms with E-state index in [4.69, 9.17) is 0 Å². The Morgan fingerprint density at radius 2 is 1.86 bits per heavy atom. The van der Waals surface area contributed by atoms with Crippen molar-refractivity contribution < 1.29 is 27.5 Å². The zero-order valence-corrected chi connectivity index (χ0v) is 11.9. The van der Waals surface area contributed by atoms with Crippen molar-refractivity contribution in [1.29, 1.82) is 0 Å². The van der Waals surface area contributed by atoms with E-state index in [-0.39, 0.29) is 16.3 Å². The lowest BCUT2D eigenvalue weighted by Gasteiger charge is -2.33. The Morgan fingerprint density at radius 3 is 2.32 bits per heavy atom. The summed E-state index contributed by atoms with van der Waals surface area (Å²) in [5.41, 5.74) is -3.31. The summed E-state index contributed by atoms with van der Waals surface area (Å²) in [5.74, 6) is -2.27. The van der Waals surface area contributed by atoms with Crippen molar-refractivity contribution in [2.45, 2.75) is 32.2 Å². The van der Waals surface area contributed by atoms with Gasteiger partial charge in [-0.1, -0.05) is 26.0 Å². The van der Waals surface area contributed by atoms with Crippen molar-refractivity contribution in [3.8, 4) is 0 Å². The lowest BCUT2D eigenvalue weighted by Crippen LogP contribution is -2.57. The van der Waals surface area contributed by atoms with Gasteiger partial charge < -0.3 is 5.11 Å². The Morgan fingerprint density at radius 1 is 1.32 bits per heavy atom. The third-order valence-electron chi connectivity index (χ3n) is 3.32. The van der Waals surface area contributed by atoms with Crippen LogP contribution in [0.15, 0.2) is 29.4 Å². The van der Waals surface area contributed by atoms with E-state index in [9.17, 15) is 27.5 Å². The highest BCUT2D eigenvalue weighted by molar-refractivity contribution is 6.03. The van der Waals surface area contributed by atoms with Crippen LogP contribution in [-0.2, 0) is 4.79 Å². The second-order valence-electron chi connectivity index (χ2n) is 5.35. The normalized spacial score (nSPS) is 22.2. The maximum atomic E-state index is 13.2. The number of halogens is 4. The van der Waals surface area contributed by atoms with Gasteiger partial charge in [0.15, 0.2) is 0 Å². The molecule has 1 N–H and O–H groups in total. The molecule has 1 atom stereocenters. The number of carbonyl (C=O) groups excluding carboxylic acids is 1. The van der Waals surface area contributed by atoms with Crippen LogP contribution in [0.3, 0.4) is 0 Å². The van der Waals surface area contributed by atoms with Gasteiger partial charge in [0.05, 0.1) is 12.1 Å². The van der Waals surface area contributed by atoms with E-state index in [0.29, 0.717) is 0 Å². The molecule has 4 nitrogen and oxygen atoms in total. The third kappa shape index (κ3) is 2.70. The van der Waals surface area contributed by atoms with E-state index >= 15 is 0 Å². The van der Waals surface area contributed by atoms with Gasteiger partial charge in [-0.15, -0.1) is 0 Å². The molecule has 0 bridgehead atoms. The van der Waals surface area contributed by atoms with Gasteiger partial charge in [-0.2, -0.15) is 23.3 Å². The van der Waals surface area contributed by atoms with Crippen LogP contribution < -0.4 is 0 Å². The maximum Gasteiger partial charge on any atom is 0.438 e. The Bertz CT molecular complexity index is 610. The highest BCUT2D eigenvalue weighted by atomic mass is 19.4. The van der Waals surface area contributed by atoms with Crippen molar-refractivity contribution in [2.75, 3.05) is 0 Å². The number of rotatable bonds is 2. The molecule has 22 heavy (non-hydrogen) atoms. The number of aliphatic hydroxyl groups is 1. The summed E-state index contributed by atoms with van der Waals surface area (Å²) in [7, 11) is 0. The molecule has 0 saturated heterocycles. The van der Waals surface area contributed by atoms with Crippen LogP contribution in [0.4, 0.5) is 17.6 Å². The lowest BCUT2D eigenvalue weighted by molar-refractivity contribution is -0.303. The lowest BCUT2D eigenvalue weighted by atomic mass is 10.0. The minimum absolute atomic E-state index is 0.0797. The average molecular weight is 318 g/mol. The topological polar surface area (TPSA) is 52.9 Å². The van der Waals surface area contributed by atoms with Gasteiger partial charge in [0.25, 0.3) is 5.72 Å². The minimum atomic E-state index is -5.07. The monoisotopic (exact) mass is 318 g/mol. The van der Waals surface area contributed by atoms with Gasteiger partial charge in [0.2, 0.25) is 5.91 Å². The number of hydrogen-bond donors (Lipinski definition) is 1. The van der Waals surface area contributed by atoms with Crippen molar-refractivity contribution in [2.24, 2.45) is 11.0 Å². The molecule has 1 heterocycles. The summed E-state index contributed by atoms with van der Waals surface area (Å²) in [4.78, 5) is 11.9. The number of amides is 1. The molecule has 0 aliphatic carbocycles. The van der Waals surface area contributed by atoms with Crippen molar-refractivity contribution >= 4 is 11.6 Å². The highest BCUT2D eigenvalue weighted by Gasteiger charge is 2.63. The fourth-order valence-corrected chi connectivity index (χ4v) is 2.05. The van der Waals surface area contributed by atoms with Crippen LogP contribution in [0.1, 0.15) is 25.8 Å². The number of benzene rings is 1. The Kier molecular flexibility index (Phi) is 3.99. The highest BCUT2D eigenvalue weighted by Crippen LogP contribution is 2.41. The van der Waals surface area contributed by atoms with E-state index in [0.717, 1.165) is 12.1 Å². The van der Waals surface area contributed by atoms with Crippen LogP contribution in [0.2, 0.25) is 0 Å². The number of nitrogens with zero attached hydrogens (tertiary/aromatic N) is 2. The van der Waals surface area contributed by atoms with Crippen molar-refractivity contribution in [3.63, 3.8) is 0 Å². The fourth-order valence-electron chi connectivity index (χ4n) is 2.05. The predicted molar refractivity (Wildman–Crippen MR) is 70.2 cm³/mol. The van der Waals surface area contributed by atoms with Crippen LogP contribution in [0.25, 0.3) is 0 Å². The maximum absolute atomic E-state index is 13.2. The number of carbonyl (C=O) groups is 1. The molecule has 1 amide bonds. The standard InChI is InChI=1S/C14H14F4N2O2/c1-8(2)12(21)20-13(22,14(16,17)18)7-11(19-20)9-3-5-10(15)6-4-9/h3-6,8,22H,7H2,1-2H3/t13-/m1/s1. The van der Waals surface area contributed by atoms with Crippen LogP contribution >= 0.6 is 0 Å². The Hall–Kier alpha value is -1.96. The first-order valence-electron chi connectivity index (χ1n) is 6.53. The number of hydrazone groups is 1. The second kappa shape index (κ2) is 5.35. The van der Waals surface area contributed by atoms with E-state index in [1.165, 1.54) is 26.0 Å². The quantitative estimate of drug-likeness (QED) is 0.852. The zero-order chi connectivity index (χ0) is 16.7. The molecule has 1 aromatic rings. The first-order chi connectivity index (χ1) is 10.1. The summed E-state index contributed by atoms with van der Waals surface area (Å²) < 4.78 is 52.5.